The van der Waals surface area contributed by atoms with Crippen molar-refractivity contribution in [1.82, 2.24) is 9.29 Å². The zero-order chi connectivity index (χ0) is 20.5. The van der Waals surface area contributed by atoms with E-state index >= 15 is 0 Å². The highest BCUT2D eigenvalue weighted by Gasteiger charge is 2.23. The Morgan fingerprint density at radius 1 is 1.04 bits per heavy atom. The van der Waals surface area contributed by atoms with Gasteiger partial charge in [-0.15, -0.1) is 0 Å². The fraction of sp³-hybridized carbons (Fsp3) is 0.200. The number of benzene rings is 2. The topological polar surface area (TPSA) is 96.5 Å². The first-order chi connectivity index (χ1) is 13.2. The quantitative estimate of drug-likeness (QED) is 0.507. The van der Waals surface area contributed by atoms with Crippen LogP contribution in [0.4, 0.5) is 0 Å². The molecular formula is C20H20N2O5S. The van der Waals surface area contributed by atoms with E-state index in [1.54, 1.807) is 6.20 Å². The number of para-hydroxylation sites is 1. The molecule has 146 valence electrons. The molecular weight excluding hydrogens is 380 g/mol. The molecule has 2 aromatic carbocycles. The average Bonchev–Trinajstić information content (AvgIpc) is 3.11. The molecule has 0 fully saturated rings. The molecule has 1 N–H and O–H groups in total. The number of carbonyl (C=O) groups is 2. The predicted octanol–water partition coefficient (Wildman–Crippen LogP) is 2.85. The van der Waals surface area contributed by atoms with E-state index in [-0.39, 0.29) is 16.2 Å². The summed E-state index contributed by atoms with van der Waals surface area (Å²) in [7, 11) is -0.730. The molecule has 0 unspecified atom stereocenters. The lowest BCUT2D eigenvalue weighted by Gasteiger charge is -2.13. The van der Waals surface area contributed by atoms with Crippen molar-refractivity contribution in [3.05, 3.63) is 65.9 Å². The standard InChI is InChI=1S/C20H20N2O5S/c1-13(19(23)17-12-21-18-7-5-4-6-16(17)18)27-20(24)14-8-10-15(11-9-14)28(25,26)22(2)3/h4-13,21H,1-3H3/t13-/m0/s1. The predicted molar refractivity (Wildman–Crippen MR) is 105 cm³/mol. The molecule has 3 aromatic rings. The number of aromatic nitrogens is 1. The molecule has 8 heteroatoms. The van der Waals surface area contributed by atoms with E-state index < -0.39 is 22.1 Å². The fourth-order valence-corrected chi connectivity index (χ4v) is 3.65. The van der Waals surface area contributed by atoms with E-state index in [0.29, 0.717) is 5.56 Å². The molecule has 0 aliphatic rings. The molecule has 0 aliphatic heterocycles. The maximum Gasteiger partial charge on any atom is 0.338 e. The second-order valence-electron chi connectivity index (χ2n) is 6.47. The number of rotatable bonds is 6. The maximum atomic E-state index is 12.7. The number of hydrogen-bond donors (Lipinski definition) is 1. The number of hydrogen-bond acceptors (Lipinski definition) is 5. The zero-order valence-electron chi connectivity index (χ0n) is 15.7. The van der Waals surface area contributed by atoms with Crippen molar-refractivity contribution in [2.24, 2.45) is 0 Å². The number of Topliss-reactive ketones (excluding diaryl/α,β-unsaturated/α-hetero) is 1. The minimum Gasteiger partial charge on any atom is -0.451 e. The third-order valence-corrected chi connectivity index (χ3v) is 6.21. The van der Waals surface area contributed by atoms with Crippen LogP contribution in [-0.2, 0) is 14.8 Å². The Labute approximate surface area is 163 Å². The number of aromatic amines is 1. The van der Waals surface area contributed by atoms with Crippen LogP contribution in [0.25, 0.3) is 10.9 Å². The summed E-state index contributed by atoms with van der Waals surface area (Å²) in [5.41, 5.74) is 1.43. The van der Waals surface area contributed by atoms with Crippen LogP contribution >= 0.6 is 0 Å². The molecule has 7 nitrogen and oxygen atoms in total. The zero-order valence-corrected chi connectivity index (χ0v) is 16.5. The SMILES string of the molecule is C[C@H](OC(=O)c1ccc(S(=O)(=O)N(C)C)cc1)C(=O)c1c[nH]c2ccccc12. The highest BCUT2D eigenvalue weighted by molar-refractivity contribution is 7.89. The summed E-state index contributed by atoms with van der Waals surface area (Å²) in [6, 6.07) is 12.7. The molecule has 1 heterocycles. The van der Waals surface area contributed by atoms with Crippen LogP contribution in [0.2, 0.25) is 0 Å². The molecule has 1 atom stereocenters. The summed E-state index contributed by atoms with van der Waals surface area (Å²) in [6.07, 6.45) is 0.606. The van der Waals surface area contributed by atoms with E-state index in [1.165, 1.54) is 45.3 Å². The normalized spacial score (nSPS) is 12.9. The Morgan fingerprint density at radius 2 is 1.68 bits per heavy atom. The molecule has 0 saturated carbocycles. The number of esters is 1. The van der Waals surface area contributed by atoms with Gasteiger partial charge in [-0.1, -0.05) is 18.2 Å². The molecule has 0 amide bonds. The van der Waals surface area contributed by atoms with Gasteiger partial charge in [0.25, 0.3) is 0 Å². The number of ether oxygens (including phenoxy) is 1. The molecule has 0 radical (unpaired) electrons. The highest BCUT2D eigenvalue weighted by atomic mass is 32.2. The van der Waals surface area contributed by atoms with Crippen LogP contribution in [0.15, 0.2) is 59.6 Å². The lowest BCUT2D eigenvalue weighted by Crippen LogP contribution is -2.24. The number of nitrogens with zero attached hydrogens (tertiary/aromatic N) is 1. The van der Waals surface area contributed by atoms with E-state index in [2.05, 4.69) is 4.98 Å². The molecule has 0 aliphatic carbocycles. The van der Waals surface area contributed by atoms with Gasteiger partial charge in [-0.05, 0) is 37.3 Å². The monoisotopic (exact) mass is 400 g/mol. The molecule has 0 bridgehead atoms. The Bertz CT molecular complexity index is 1130. The fourth-order valence-electron chi connectivity index (χ4n) is 2.75. The first-order valence-corrected chi connectivity index (χ1v) is 9.99. The van der Waals surface area contributed by atoms with Gasteiger partial charge in [0.2, 0.25) is 15.8 Å². The lowest BCUT2D eigenvalue weighted by atomic mass is 10.1. The number of sulfonamides is 1. The van der Waals surface area contributed by atoms with Crippen molar-refractivity contribution < 1.29 is 22.7 Å². The summed E-state index contributed by atoms with van der Waals surface area (Å²) in [5, 5.41) is 0.758. The second-order valence-corrected chi connectivity index (χ2v) is 8.62. The molecule has 3 rings (SSSR count). The van der Waals surface area contributed by atoms with Gasteiger partial charge in [0.1, 0.15) is 0 Å². The van der Waals surface area contributed by atoms with Gasteiger partial charge in [-0.25, -0.2) is 17.5 Å². The van der Waals surface area contributed by atoms with E-state index in [1.807, 2.05) is 24.3 Å². The minimum atomic E-state index is -3.58. The summed E-state index contributed by atoms with van der Waals surface area (Å²) in [4.78, 5) is 28.1. The number of carbonyl (C=O) groups excluding carboxylic acids is 2. The van der Waals surface area contributed by atoms with Crippen LogP contribution in [0, 0.1) is 0 Å². The van der Waals surface area contributed by atoms with Crippen molar-refractivity contribution in [3.63, 3.8) is 0 Å². The summed E-state index contributed by atoms with van der Waals surface area (Å²) in [6.45, 7) is 1.51. The molecule has 0 spiro atoms. The molecule has 28 heavy (non-hydrogen) atoms. The highest BCUT2D eigenvalue weighted by Crippen LogP contribution is 2.21. The Balaban J connectivity index is 1.74. The Morgan fingerprint density at radius 3 is 2.32 bits per heavy atom. The van der Waals surface area contributed by atoms with Gasteiger partial charge in [-0.3, -0.25) is 4.79 Å². The largest absolute Gasteiger partial charge is 0.451 e. The average molecular weight is 400 g/mol. The summed E-state index contributed by atoms with van der Waals surface area (Å²) in [5.74, 6) is -1.02. The van der Waals surface area contributed by atoms with Crippen LogP contribution in [0.1, 0.15) is 27.6 Å². The number of fused-ring (bicyclic) bond motifs is 1. The van der Waals surface area contributed by atoms with Crippen molar-refractivity contribution >= 4 is 32.7 Å². The van der Waals surface area contributed by atoms with Gasteiger partial charge in [0.05, 0.1) is 10.5 Å². The van der Waals surface area contributed by atoms with Gasteiger partial charge < -0.3 is 9.72 Å². The third kappa shape index (κ3) is 3.69. The summed E-state index contributed by atoms with van der Waals surface area (Å²) >= 11 is 0. The molecule has 1 aromatic heterocycles. The van der Waals surface area contributed by atoms with Crippen LogP contribution in [-0.4, -0.2) is 49.7 Å². The minimum absolute atomic E-state index is 0.0666. The Hall–Kier alpha value is -2.97. The van der Waals surface area contributed by atoms with Gasteiger partial charge >= 0.3 is 5.97 Å². The third-order valence-electron chi connectivity index (χ3n) is 4.38. The smallest absolute Gasteiger partial charge is 0.338 e. The maximum absolute atomic E-state index is 12.7. The van der Waals surface area contributed by atoms with Gasteiger partial charge in [0.15, 0.2) is 6.10 Å². The van der Waals surface area contributed by atoms with Gasteiger partial charge in [-0.2, -0.15) is 0 Å². The van der Waals surface area contributed by atoms with E-state index in [4.69, 9.17) is 4.74 Å². The van der Waals surface area contributed by atoms with Crippen LogP contribution in [0.3, 0.4) is 0 Å². The van der Waals surface area contributed by atoms with Crippen molar-refractivity contribution in [2.75, 3.05) is 14.1 Å². The first-order valence-electron chi connectivity index (χ1n) is 8.55. The van der Waals surface area contributed by atoms with Gasteiger partial charge in [0, 0.05) is 36.8 Å². The second kappa shape index (κ2) is 7.57. The first kappa shape index (κ1) is 19.8. The van der Waals surface area contributed by atoms with E-state index in [9.17, 15) is 18.0 Å². The molecule has 0 saturated heterocycles. The van der Waals surface area contributed by atoms with E-state index in [0.717, 1.165) is 15.2 Å². The van der Waals surface area contributed by atoms with Crippen molar-refractivity contribution in [3.8, 4) is 0 Å². The number of ketones is 1. The van der Waals surface area contributed by atoms with Crippen molar-refractivity contribution in [1.29, 1.82) is 0 Å². The lowest BCUT2D eigenvalue weighted by molar-refractivity contribution is 0.0319. The number of H-pyrrole nitrogens is 1. The van der Waals surface area contributed by atoms with Crippen LogP contribution < -0.4 is 0 Å². The number of nitrogens with one attached hydrogen (secondary N) is 1. The van der Waals surface area contributed by atoms with Crippen LogP contribution in [0.5, 0.6) is 0 Å². The Kier molecular flexibility index (Phi) is 5.35. The van der Waals surface area contributed by atoms with Crippen molar-refractivity contribution in [2.45, 2.75) is 17.9 Å². The summed E-state index contributed by atoms with van der Waals surface area (Å²) < 4.78 is 30.5.